The molecule has 0 aliphatic rings. The summed E-state index contributed by atoms with van der Waals surface area (Å²) in [6.45, 7) is 9.21. The lowest BCUT2D eigenvalue weighted by Crippen LogP contribution is -2.17. The normalized spacial score (nSPS) is 10.7. The number of benzene rings is 3. The lowest BCUT2D eigenvalue weighted by atomic mass is 10.1. The van der Waals surface area contributed by atoms with Gasteiger partial charge < -0.3 is 20.1 Å². The number of aryl methyl sites for hydroxylation is 1. The van der Waals surface area contributed by atoms with Gasteiger partial charge in [-0.15, -0.1) is 0 Å². The molecule has 0 unspecified atom stereocenters. The molecule has 3 rings (SSSR count). The summed E-state index contributed by atoms with van der Waals surface area (Å²) >= 11 is 6.57. The van der Waals surface area contributed by atoms with E-state index in [0.717, 1.165) is 22.5 Å². The third kappa shape index (κ3) is 7.16. The van der Waals surface area contributed by atoms with Gasteiger partial charge in [-0.1, -0.05) is 55.3 Å². The predicted molar refractivity (Wildman–Crippen MR) is 135 cm³/mol. The van der Waals surface area contributed by atoms with Crippen molar-refractivity contribution in [1.82, 2.24) is 0 Å². The molecule has 0 aliphatic carbocycles. The molecule has 5 nitrogen and oxygen atoms in total. The number of carbonyl (C=O) groups is 1. The van der Waals surface area contributed by atoms with Gasteiger partial charge in [0.1, 0.15) is 6.61 Å². The van der Waals surface area contributed by atoms with Gasteiger partial charge in [-0.3, -0.25) is 4.79 Å². The summed E-state index contributed by atoms with van der Waals surface area (Å²) in [5.41, 5.74) is 4.96. The molecule has 6 heteroatoms. The Bertz CT molecular complexity index is 1060. The highest BCUT2D eigenvalue weighted by Crippen LogP contribution is 2.37. The molecule has 0 saturated heterocycles. The van der Waals surface area contributed by atoms with Crippen LogP contribution in [0.1, 0.15) is 37.5 Å². The van der Waals surface area contributed by atoms with E-state index in [4.69, 9.17) is 21.1 Å². The van der Waals surface area contributed by atoms with Crippen molar-refractivity contribution in [1.29, 1.82) is 0 Å². The fourth-order valence-corrected chi connectivity index (χ4v) is 3.42. The van der Waals surface area contributed by atoms with Gasteiger partial charge in [0.25, 0.3) is 0 Å². The van der Waals surface area contributed by atoms with Crippen LogP contribution in [0, 0.1) is 12.8 Å². The molecule has 0 saturated carbocycles. The van der Waals surface area contributed by atoms with E-state index in [1.54, 1.807) is 0 Å². The largest absolute Gasteiger partial charge is 0.490 e. The fraction of sp³-hybridized carbons (Fsp3) is 0.296. The third-order valence-corrected chi connectivity index (χ3v) is 5.33. The fourth-order valence-electron chi connectivity index (χ4n) is 3.13. The van der Waals surface area contributed by atoms with E-state index in [0.29, 0.717) is 36.3 Å². The molecule has 0 radical (unpaired) electrons. The number of nitrogens with one attached hydrogen (secondary N) is 2. The minimum Gasteiger partial charge on any atom is -0.490 e. The number of carbonyl (C=O) groups excluding carboxylic acids is 1. The molecule has 33 heavy (non-hydrogen) atoms. The van der Waals surface area contributed by atoms with Crippen LogP contribution in [-0.2, 0) is 17.9 Å². The first-order valence-electron chi connectivity index (χ1n) is 11.1. The molecule has 0 spiro atoms. The Kier molecular flexibility index (Phi) is 8.61. The molecular weight excluding hydrogens is 436 g/mol. The van der Waals surface area contributed by atoms with Crippen LogP contribution in [-0.4, -0.2) is 12.5 Å². The van der Waals surface area contributed by atoms with Gasteiger partial charge in [0.15, 0.2) is 11.5 Å². The van der Waals surface area contributed by atoms with Crippen LogP contribution < -0.4 is 20.1 Å². The second kappa shape index (κ2) is 11.6. The van der Waals surface area contributed by atoms with Gasteiger partial charge in [0, 0.05) is 23.8 Å². The van der Waals surface area contributed by atoms with Crippen LogP contribution in [0.5, 0.6) is 11.5 Å². The van der Waals surface area contributed by atoms with Crippen molar-refractivity contribution in [2.75, 3.05) is 17.2 Å². The van der Waals surface area contributed by atoms with Crippen LogP contribution in [0.2, 0.25) is 5.02 Å². The van der Waals surface area contributed by atoms with E-state index in [2.05, 4.69) is 29.7 Å². The highest BCUT2D eigenvalue weighted by Gasteiger charge is 2.13. The number of anilines is 2. The second-order valence-electron chi connectivity index (χ2n) is 8.19. The zero-order valence-corrected chi connectivity index (χ0v) is 20.3. The molecular formula is C27H31ClN2O3. The lowest BCUT2D eigenvalue weighted by Gasteiger charge is -2.16. The highest BCUT2D eigenvalue weighted by molar-refractivity contribution is 6.32. The van der Waals surface area contributed by atoms with Crippen molar-refractivity contribution in [3.05, 3.63) is 82.4 Å². The first kappa shape index (κ1) is 24.5. The van der Waals surface area contributed by atoms with Gasteiger partial charge >= 0.3 is 0 Å². The van der Waals surface area contributed by atoms with E-state index in [9.17, 15) is 4.79 Å². The van der Waals surface area contributed by atoms with Crippen molar-refractivity contribution < 1.29 is 14.3 Å². The Morgan fingerprint density at radius 2 is 1.61 bits per heavy atom. The van der Waals surface area contributed by atoms with Crippen LogP contribution in [0.25, 0.3) is 0 Å². The molecule has 2 N–H and O–H groups in total. The van der Waals surface area contributed by atoms with E-state index >= 15 is 0 Å². The zero-order valence-electron chi connectivity index (χ0n) is 19.6. The number of ether oxygens (including phenoxy) is 2. The highest BCUT2D eigenvalue weighted by atomic mass is 35.5. The monoisotopic (exact) mass is 466 g/mol. The molecule has 0 atom stereocenters. The van der Waals surface area contributed by atoms with Gasteiger partial charge in [-0.05, 0) is 61.4 Å². The average Bonchev–Trinajstić information content (AvgIpc) is 2.79. The summed E-state index contributed by atoms with van der Waals surface area (Å²) in [5, 5.41) is 6.78. The third-order valence-electron chi connectivity index (χ3n) is 5.05. The van der Waals surface area contributed by atoms with Crippen molar-refractivity contribution >= 4 is 28.9 Å². The van der Waals surface area contributed by atoms with E-state index in [-0.39, 0.29) is 11.8 Å². The number of halogens is 1. The van der Waals surface area contributed by atoms with Crippen LogP contribution in [0.15, 0.2) is 60.7 Å². The maximum atomic E-state index is 11.8. The summed E-state index contributed by atoms with van der Waals surface area (Å²) in [6, 6.07) is 19.7. The maximum absolute atomic E-state index is 11.8. The minimum atomic E-state index is -0.0593. The standard InChI is InChI=1S/C27H31ClN2O3/c1-5-32-25-15-21(14-24(28)26(25)33-17-20-8-6-19(4)7-9-20)16-29-22-10-12-23(13-11-22)30-27(31)18(2)3/h6-15,18,29H,5,16-17H2,1-4H3,(H,30,31). The molecule has 0 fully saturated rings. The molecule has 3 aromatic rings. The maximum Gasteiger partial charge on any atom is 0.226 e. The minimum absolute atomic E-state index is 0.00140. The van der Waals surface area contributed by atoms with E-state index < -0.39 is 0 Å². The van der Waals surface area contributed by atoms with Crippen LogP contribution >= 0.6 is 11.6 Å². The lowest BCUT2D eigenvalue weighted by molar-refractivity contribution is -0.118. The van der Waals surface area contributed by atoms with Crippen molar-refractivity contribution in [2.45, 2.75) is 40.8 Å². The van der Waals surface area contributed by atoms with Gasteiger partial charge in [0.05, 0.1) is 11.6 Å². The first-order chi connectivity index (χ1) is 15.9. The summed E-state index contributed by atoms with van der Waals surface area (Å²) in [5.74, 6) is 1.11. The summed E-state index contributed by atoms with van der Waals surface area (Å²) < 4.78 is 11.8. The predicted octanol–water partition coefficient (Wildman–Crippen LogP) is 6.83. The molecule has 174 valence electrons. The van der Waals surface area contributed by atoms with Crippen molar-refractivity contribution in [2.24, 2.45) is 5.92 Å². The Hall–Kier alpha value is -3.18. The molecule has 0 aromatic heterocycles. The first-order valence-corrected chi connectivity index (χ1v) is 11.5. The summed E-state index contributed by atoms with van der Waals surface area (Å²) in [7, 11) is 0. The molecule has 0 bridgehead atoms. The number of rotatable bonds is 10. The number of amides is 1. The van der Waals surface area contributed by atoms with Crippen molar-refractivity contribution in [3.8, 4) is 11.5 Å². The quantitative estimate of drug-likeness (QED) is 0.343. The smallest absolute Gasteiger partial charge is 0.226 e. The molecule has 0 aliphatic heterocycles. The summed E-state index contributed by atoms with van der Waals surface area (Å²) in [4.78, 5) is 11.8. The average molecular weight is 467 g/mol. The van der Waals surface area contributed by atoms with Crippen LogP contribution in [0.4, 0.5) is 11.4 Å². The van der Waals surface area contributed by atoms with E-state index in [1.807, 2.05) is 69.3 Å². The molecule has 0 heterocycles. The number of hydrogen-bond donors (Lipinski definition) is 2. The topological polar surface area (TPSA) is 59.6 Å². The van der Waals surface area contributed by atoms with Crippen LogP contribution in [0.3, 0.4) is 0 Å². The van der Waals surface area contributed by atoms with Crippen molar-refractivity contribution in [3.63, 3.8) is 0 Å². The van der Waals surface area contributed by atoms with Gasteiger partial charge in [0.2, 0.25) is 5.91 Å². The Labute approximate surface area is 201 Å². The molecule has 3 aromatic carbocycles. The Morgan fingerprint density at radius 3 is 2.24 bits per heavy atom. The second-order valence-corrected chi connectivity index (χ2v) is 8.59. The zero-order chi connectivity index (χ0) is 23.8. The SMILES string of the molecule is CCOc1cc(CNc2ccc(NC(=O)C(C)C)cc2)cc(Cl)c1OCc1ccc(C)cc1. The molecule has 1 amide bonds. The Balaban J connectivity index is 1.65. The summed E-state index contributed by atoms with van der Waals surface area (Å²) in [6.07, 6.45) is 0. The number of hydrogen-bond acceptors (Lipinski definition) is 4. The Morgan fingerprint density at radius 1 is 0.939 bits per heavy atom. The van der Waals surface area contributed by atoms with E-state index in [1.165, 1.54) is 5.56 Å². The van der Waals surface area contributed by atoms with Gasteiger partial charge in [-0.2, -0.15) is 0 Å². The van der Waals surface area contributed by atoms with Gasteiger partial charge in [-0.25, -0.2) is 0 Å².